The average Bonchev–Trinajstić information content (AvgIpc) is 2.88. The number of nitrogens with two attached hydrogens (primary N) is 1. The zero-order valence-electron chi connectivity index (χ0n) is 23.9. The van der Waals surface area contributed by atoms with E-state index in [9.17, 15) is 22.8 Å². The summed E-state index contributed by atoms with van der Waals surface area (Å²) >= 11 is 0. The van der Waals surface area contributed by atoms with E-state index >= 15 is 0 Å². The molecule has 1 unspecified atom stereocenters. The number of hydrogen-bond donors (Lipinski definition) is 1. The molecule has 2 aromatic rings. The molecule has 2 aromatic carbocycles. The van der Waals surface area contributed by atoms with Crippen LogP contribution in [0.1, 0.15) is 68.3 Å². The largest absolute Gasteiger partial charge is 0.416 e. The molecule has 2 N–H and O–H groups in total. The Balaban J connectivity index is 1.59. The third kappa shape index (κ3) is 6.97. The molecular weight excluding hydrogens is 517 g/mol. The molecule has 9 heteroatoms. The van der Waals surface area contributed by atoms with Gasteiger partial charge >= 0.3 is 12.2 Å². The number of piperazine rings is 1. The zero-order chi connectivity index (χ0) is 29.2. The molecule has 0 aliphatic carbocycles. The molecule has 2 aliphatic rings. The van der Waals surface area contributed by atoms with Crippen molar-refractivity contribution in [1.29, 1.82) is 0 Å². The summed E-state index contributed by atoms with van der Waals surface area (Å²) in [4.78, 5) is 30.9. The van der Waals surface area contributed by atoms with Crippen LogP contribution in [0, 0.1) is 18.3 Å². The van der Waals surface area contributed by atoms with Crippen LogP contribution in [-0.2, 0) is 11.0 Å². The van der Waals surface area contributed by atoms with Gasteiger partial charge in [0.2, 0.25) is 5.91 Å². The van der Waals surface area contributed by atoms with E-state index in [1.54, 1.807) is 11.8 Å². The molecule has 0 radical (unpaired) electrons. The third-order valence-corrected chi connectivity index (χ3v) is 8.34. The maximum Gasteiger partial charge on any atom is 0.416 e. The minimum Gasteiger partial charge on any atom is -0.351 e. The predicted molar refractivity (Wildman–Crippen MR) is 149 cm³/mol. The highest BCUT2D eigenvalue weighted by Gasteiger charge is 2.41. The van der Waals surface area contributed by atoms with Gasteiger partial charge in [0, 0.05) is 45.2 Å². The van der Waals surface area contributed by atoms with Gasteiger partial charge in [0.1, 0.15) is 0 Å². The van der Waals surface area contributed by atoms with Gasteiger partial charge in [-0.05, 0) is 54.4 Å². The number of benzene rings is 2. The van der Waals surface area contributed by atoms with Crippen molar-refractivity contribution in [3.63, 3.8) is 0 Å². The summed E-state index contributed by atoms with van der Waals surface area (Å²) in [5.74, 6) is 0.301. The van der Waals surface area contributed by atoms with Crippen LogP contribution in [0.3, 0.4) is 0 Å². The first-order valence-electron chi connectivity index (χ1n) is 14.1. The van der Waals surface area contributed by atoms with E-state index < -0.39 is 17.8 Å². The summed E-state index contributed by atoms with van der Waals surface area (Å²) in [6.07, 6.45) is -2.51. The molecule has 0 aromatic heterocycles. The molecule has 0 spiro atoms. The van der Waals surface area contributed by atoms with Crippen LogP contribution >= 0.6 is 0 Å². The summed E-state index contributed by atoms with van der Waals surface area (Å²) in [6, 6.07) is 13.0. The van der Waals surface area contributed by atoms with Crippen LogP contribution < -0.4 is 5.73 Å². The second-order valence-corrected chi connectivity index (χ2v) is 12.4. The summed E-state index contributed by atoms with van der Waals surface area (Å²) in [7, 11) is 0. The lowest BCUT2D eigenvalue weighted by Gasteiger charge is -2.50. The van der Waals surface area contributed by atoms with Crippen molar-refractivity contribution in [3.8, 4) is 0 Å². The van der Waals surface area contributed by atoms with Gasteiger partial charge in [-0.3, -0.25) is 9.69 Å². The van der Waals surface area contributed by atoms with Crippen molar-refractivity contribution >= 4 is 11.9 Å². The summed E-state index contributed by atoms with van der Waals surface area (Å²) in [6.45, 7) is 10.8. The number of alkyl halides is 3. The standard InChI is InChI=1S/C31H41F3N4O2/c1-21-16-24(19-25(17-21)31(32,33)34)28(23-8-6-5-7-9-23)37-14-15-38(26(20-37)30(2,3)4)27(39)18-22-10-12-36(13-11-22)29(35)40/h5-9,16-17,19,22,26,28H,10-15,18,20H2,1-4H3,(H2,35,40)/t26-,28?/m1/s1. The number of carbonyl (C=O) groups excluding carboxylic acids is 2. The number of nitrogens with zero attached hydrogens (tertiary/aromatic N) is 3. The van der Waals surface area contributed by atoms with Gasteiger partial charge in [0.15, 0.2) is 0 Å². The zero-order valence-corrected chi connectivity index (χ0v) is 23.9. The number of primary amides is 1. The van der Waals surface area contributed by atoms with Gasteiger partial charge in [-0.25, -0.2) is 4.79 Å². The first-order chi connectivity index (χ1) is 18.7. The number of aryl methyl sites for hydroxylation is 1. The lowest BCUT2D eigenvalue weighted by Crippen LogP contribution is -2.60. The minimum atomic E-state index is -4.44. The van der Waals surface area contributed by atoms with E-state index in [2.05, 4.69) is 25.7 Å². The molecule has 0 saturated carbocycles. The number of carbonyl (C=O) groups is 2. The Hall–Kier alpha value is -3.07. The Kier molecular flexibility index (Phi) is 8.83. The topological polar surface area (TPSA) is 69.9 Å². The molecule has 2 aliphatic heterocycles. The van der Waals surface area contributed by atoms with Crippen LogP contribution in [0.25, 0.3) is 0 Å². The van der Waals surface area contributed by atoms with E-state index in [1.165, 1.54) is 12.1 Å². The molecular formula is C31H41F3N4O2. The quantitative estimate of drug-likeness (QED) is 0.501. The van der Waals surface area contributed by atoms with Crippen molar-refractivity contribution < 1.29 is 22.8 Å². The number of amides is 3. The Morgan fingerprint density at radius 2 is 1.60 bits per heavy atom. The monoisotopic (exact) mass is 558 g/mol. The van der Waals surface area contributed by atoms with Crippen LogP contribution in [0.4, 0.5) is 18.0 Å². The van der Waals surface area contributed by atoms with Crippen molar-refractivity contribution in [3.05, 3.63) is 70.8 Å². The maximum absolute atomic E-state index is 13.8. The Morgan fingerprint density at radius 1 is 0.950 bits per heavy atom. The number of rotatable bonds is 5. The van der Waals surface area contributed by atoms with Gasteiger partial charge in [0.05, 0.1) is 11.6 Å². The van der Waals surface area contributed by atoms with E-state index in [1.807, 2.05) is 41.3 Å². The SMILES string of the molecule is Cc1cc(C(c2ccccc2)N2CCN(C(=O)CC3CCN(C(N)=O)CC3)[C@@H](C(C)(C)C)C2)cc(C(F)(F)F)c1. The first-order valence-corrected chi connectivity index (χ1v) is 14.1. The van der Waals surface area contributed by atoms with E-state index in [4.69, 9.17) is 5.73 Å². The highest BCUT2D eigenvalue weighted by molar-refractivity contribution is 5.77. The van der Waals surface area contributed by atoms with Crippen molar-refractivity contribution in [2.45, 2.75) is 65.2 Å². The van der Waals surface area contributed by atoms with Crippen molar-refractivity contribution in [1.82, 2.24) is 14.7 Å². The summed E-state index contributed by atoms with van der Waals surface area (Å²) in [5, 5.41) is 0. The molecule has 3 amide bonds. The molecule has 40 heavy (non-hydrogen) atoms. The smallest absolute Gasteiger partial charge is 0.351 e. The van der Waals surface area contributed by atoms with Gasteiger partial charge in [-0.2, -0.15) is 13.2 Å². The minimum absolute atomic E-state index is 0.100. The number of piperidine rings is 1. The molecule has 2 saturated heterocycles. The van der Waals surface area contributed by atoms with Gasteiger partial charge in [0.25, 0.3) is 0 Å². The van der Waals surface area contributed by atoms with Crippen LogP contribution in [-0.4, -0.2) is 65.4 Å². The third-order valence-electron chi connectivity index (χ3n) is 8.34. The summed E-state index contributed by atoms with van der Waals surface area (Å²) < 4.78 is 41.4. The van der Waals surface area contributed by atoms with Crippen molar-refractivity contribution in [2.24, 2.45) is 17.1 Å². The fourth-order valence-corrected chi connectivity index (χ4v) is 6.18. The number of urea groups is 1. The van der Waals surface area contributed by atoms with Crippen LogP contribution in [0.15, 0.2) is 48.5 Å². The normalized spacial score (nSPS) is 20.4. The van der Waals surface area contributed by atoms with E-state index in [-0.39, 0.29) is 29.3 Å². The number of hydrogen-bond acceptors (Lipinski definition) is 3. The highest BCUT2D eigenvalue weighted by atomic mass is 19.4. The van der Waals surface area contributed by atoms with Crippen LogP contribution in [0.5, 0.6) is 0 Å². The molecule has 0 bridgehead atoms. The highest BCUT2D eigenvalue weighted by Crippen LogP contribution is 2.38. The molecule has 6 nitrogen and oxygen atoms in total. The molecule has 2 heterocycles. The van der Waals surface area contributed by atoms with Gasteiger partial charge < -0.3 is 15.5 Å². The fraction of sp³-hybridized carbons (Fsp3) is 0.548. The number of likely N-dealkylation sites (tertiary alicyclic amines) is 1. The predicted octanol–water partition coefficient (Wildman–Crippen LogP) is 5.84. The van der Waals surface area contributed by atoms with Crippen LogP contribution in [0.2, 0.25) is 0 Å². The molecule has 2 fully saturated rings. The number of halogens is 3. The molecule has 2 atom stereocenters. The molecule has 4 rings (SSSR count). The lowest BCUT2D eigenvalue weighted by atomic mass is 9.82. The average molecular weight is 559 g/mol. The van der Waals surface area contributed by atoms with Crippen molar-refractivity contribution in [2.75, 3.05) is 32.7 Å². The Bertz CT molecular complexity index is 1190. The summed E-state index contributed by atoms with van der Waals surface area (Å²) in [5.41, 5.74) is 6.61. The van der Waals surface area contributed by atoms with E-state index in [0.717, 1.165) is 18.4 Å². The Labute approximate surface area is 235 Å². The molecule has 218 valence electrons. The second kappa shape index (κ2) is 11.8. The van der Waals surface area contributed by atoms with Gasteiger partial charge in [-0.15, -0.1) is 0 Å². The van der Waals surface area contributed by atoms with Gasteiger partial charge in [-0.1, -0.05) is 62.7 Å². The fourth-order valence-electron chi connectivity index (χ4n) is 6.18. The maximum atomic E-state index is 13.8. The Morgan fingerprint density at radius 3 is 2.17 bits per heavy atom. The van der Waals surface area contributed by atoms with E-state index in [0.29, 0.717) is 50.3 Å². The first kappa shape index (κ1) is 29.9. The second-order valence-electron chi connectivity index (χ2n) is 12.4. The lowest BCUT2D eigenvalue weighted by molar-refractivity contribution is -0.141.